The predicted molar refractivity (Wildman–Crippen MR) is 119 cm³/mol. The fraction of sp³-hybridized carbons (Fsp3) is 0.652. The van der Waals surface area contributed by atoms with Crippen molar-refractivity contribution >= 4 is 23.1 Å². The van der Waals surface area contributed by atoms with Gasteiger partial charge < -0.3 is 20.8 Å². The van der Waals surface area contributed by atoms with Crippen LogP contribution in [0.25, 0.3) is 0 Å². The Balaban J connectivity index is 2.06. The molecule has 1 aromatic rings. The molecule has 160 valence electrons. The number of fused-ring (bicyclic) bond motifs is 1. The first-order chi connectivity index (χ1) is 13.5. The highest BCUT2D eigenvalue weighted by molar-refractivity contribution is 7.80. The van der Waals surface area contributed by atoms with Crippen LogP contribution in [0.3, 0.4) is 0 Å². The number of ketones is 1. The highest BCUT2D eigenvalue weighted by Gasteiger charge is 2.58. The Kier molecular flexibility index (Phi) is 5.87. The highest BCUT2D eigenvalue weighted by atomic mass is 32.1. The van der Waals surface area contributed by atoms with Crippen molar-refractivity contribution in [2.24, 2.45) is 28.6 Å². The van der Waals surface area contributed by atoms with Crippen molar-refractivity contribution < 1.29 is 15.0 Å². The summed E-state index contributed by atoms with van der Waals surface area (Å²) < 4.78 is 0. The molecule has 6 heteroatoms. The third kappa shape index (κ3) is 3.96. The second kappa shape index (κ2) is 7.78. The Morgan fingerprint density at radius 2 is 1.76 bits per heavy atom. The summed E-state index contributed by atoms with van der Waals surface area (Å²) in [6.45, 7) is 9.04. The number of benzene rings is 1. The fourth-order valence-corrected chi connectivity index (χ4v) is 6.47. The maximum Gasteiger partial charge on any atom is 0.167 e. The zero-order chi connectivity index (χ0) is 21.6. The Hall–Kier alpha value is -1.82. The molecule has 2 aliphatic carbocycles. The molecule has 2 fully saturated rings. The molecule has 1 aromatic carbocycles. The summed E-state index contributed by atoms with van der Waals surface area (Å²) in [4.78, 5) is 13.8. The number of carbonyl (C=O) groups excluding carboxylic acids is 1. The molecule has 0 amide bonds. The molecule has 0 spiro atoms. The maximum absolute atomic E-state index is 13.8. The predicted octanol–water partition coefficient (Wildman–Crippen LogP) is 4.23. The zero-order valence-electron chi connectivity index (χ0n) is 18.1. The van der Waals surface area contributed by atoms with Gasteiger partial charge >= 0.3 is 0 Å². The quantitative estimate of drug-likeness (QED) is 0.434. The maximum atomic E-state index is 13.8. The molecule has 2 aliphatic rings. The van der Waals surface area contributed by atoms with Gasteiger partial charge in [-0.15, -0.1) is 0 Å². The van der Waals surface area contributed by atoms with Gasteiger partial charge in [0.05, 0.1) is 0 Å². The Morgan fingerprint density at radius 1 is 1.14 bits per heavy atom. The van der Waals surface area contributed by atoms with Crippen molar-refractivity contribution in [2.75, 3.05) is 7.05 Å². The third-order valence-electron chi connectivity index (χ3n) is 7.65. The van der Waals surface area contributed by atoms with Gasteiger partial charge in [-0.2, -0.15) is 0 Å². The van der Waals surface area contributed by atoms with E-state index in [-0.39, 0.29) is 46.0 Å². The summed E-state index contributed by atoms with van der Waals surface area (Å²) in [6, 6.07) is 4.28. The van der Waals surface area contributed by atoms with E-state index in [1.807, 2.05) is 0 Å². The van der Waals surface area contributed by atoms with Crippen LogP contribution in [0.1, 0.15) is 63.7 Å². The summed E-state index contributed by atoms with van der Waals surface area (Å²) in [5, 5.41) is 26.9. The number of rotatable bonds is 3. The van der Waals surface area contributed by atoms with Crippen LogP contribution in [0.5, 0.6) is 11.5 Å². The van der Waals surface area contributed by atoms with Gasteiger partial charge in [-0.3, -0.25) is 4.79 Å². The van der Waals surface area contributed by atoms with Crippen LogP contribution in [0.4, 0.5) is 0 Å². The molecule has 0 heterocycles. The summed E-state index contributed by atoms with van der Waals surface area (Å²) >= 11 is 5.38. The molecule has 29 heavy (non-hydrogen) atoms. The summed E-state index contributed by atoms with van der Waals surface area (Å²) in [7, 11) is 1.80. The van der Waals surface area contributed by atoms with Crippen LogP contribution in [-0.4, -0.2) is 34.2 Å². The molecule has 0 saturated heterocycles. The van der Waals surface area contributed by atoms with Crippen molar-refractivity contribution in [2.45, 2.75) is 59.4 Å². The van der Waals surface area contributed by atoms with E-state index in [9.17, 15) is 15.0 Å². The van der Waals surface area contributed by atoms with E-state index in [0.29, 0.717) is 16.6 Å². The molecule has 4 N–H and O–H groups in total. The second-order valence-corrected chi connectivity index (χ2v) is 10.3. The lowest BCUT2D eigenvalue weighted by Gasteiger charge is -2.60. The lowest BCUT2D eigenvalue weighted by molar-refractivity contribution is -0.0891. The minimum absolute atomic E-state index is 0.00391. The number of thiocarbonyl (C=S) groups is 1. The van der Waals surface area contributed by atoms with Gasteiger partial charge in [0, 0.05) is 30.6 Å². The van der Waals surface area contributed by atoms with Crippen LogP contribution in [-0.2, 0) is 0 Å². The van der Waals surface area contributed by atoms with Gasteiger partial charge in [-0.25, -0.2) is 0 Å². The fourth-order valence-electron chi connectivity index (χ4n) is 6.31. The molecular weight excluding hydrogens is 384 g/mol. The minimum Gasteiger partial charge on any atom is -0.508 e. The molecule has 5 atom stereocenters. The lowest BCUT2D eigenvalue weighted by atomic mass is 9.45. The van der Waals surface area contributed by atoms with Gasteiger partial charge in [0.15, 0.2) is 10.9 Å². The van der Waals surface area contributed by atoms with Gasteiger partial charge in [-0.05, 0) is 66.3 Å². The van der Waals surface area contributed by atoms with Crippen molar-refractivity contribution in [3.05, 3.63) is 23.8 Å². The molecule has 0 aromatic heterocycles. The highest BCUT2D eigenvalue weighted by Crippen LogP contribution is 2.61. The molecule has 3 rings (SSSR count). The molecule has 0 aliphatic heterocycles. The Labute approximate surface area is 179 Å². The third-order valence-corrected chi connectivity index (χ3v) is 7.97. The molecule has 2 saturated carbocycles. The van der Waals surface area contributed by atoms with E-state index < -0.39 is 0 Å². The summed E-state index contributed by atoms with van der Waals surface area (Å²) in [6.07, 6.45) is 4.24. The largest absolute Gasteiger partial charge is 0.508 e. The normalized spacial score (nSPS) is 33.4. The molecule has 0 bridgehead atoms. The number of carbonyl (C=O) groups is 1. The van der Waals surface area contributed by atoms with Crippen molar-refractivity contribution in [3.8, 4) is 11.5 Å². The average molecular weight is 419 g/mol. The number of phenols is 2. The molecule has 0 unspecified atom stereocenters. The van der Waals surface area contributed by atoms with Gasteiger partial charge in [-0.1, -0.05) is 34.1 Å². The topological polar surface area (TPSA) is 81.6 Å². The number of hydrogen-bond donors (Lipinski definition) is 4. The first kappa shape index (κ1) is 21.9. The van der Waals surface area contributed by atoms with Crippen molar-refractivity contribution in [1.29, 1.82) is 0 Å². The first-order valence-electron chi connectivity index (χ1n) is 10.5. The van der Waals surface area contributed by atoms with E-state index in [2.05, 4.69) is 38.3 Å². The summed E-state index contributed by atoms with van der Waals surface area (Å²) in [5.74, 6) is 0.0300. The standard InChI is InChI=1S/C23H34N2O3S/c1-13-17(25-21(29)24-5)12-18-22(2,3)7-6-8-23(18,4)19(13)20(28)14-9-15(26)11-16(27)10-14/h9-11,13,17-19,26-27H,6-8,12H2,1-5H3,(H2,24,25,29)/t13-,17+,18-,19+,23-/m0/s1. The molecule has 5 nitrogen and oxygen atoms in total. The Bertz CT molecular complexity index is 789. The van der Waals surface area contributed by atoms with Crippen LogP contribution in [0, 0.1) is 28.6 Å². The van der Waals surface area contributed by atoms with Crippen LogP contribution in [0.15, 0.2) is 18.2 Å². The second-order valence-electron chi connectivity index (χ2n) is 9.91. The van der Waals surface area contributed by atoms with E-state index in [1.54, 1.807) is 7.05 Å². The number of hydrogen-bond acceptors (Lipinski definition) is 4. The first-order valence-corrected chi connectivity index (χ1v) is 11.0. The van der Waals surface area contributed by atoms with E-state index >= 15 is 0 Å². The number of Topliss-reactive ketones (excluding diaryl/α,β-unsaturated/α-hetero) is 1. The van der Waals surface area contributed by atoms with Crippen LogP contribution >= 0.6 is 12.2 Å². The van der Waals surface area contributed by atoms with Crippen LogP contribution in [0.2, 0.25) is 0 Å². The number of nitrogens with one attached hydrogen (secondary N) is 2. The van der Waals surface area contributed by atoms with Gasteiger partial charge in [0.1, 0.15) is 11.5 Å². The summed E-state index contributed by atoms with van der Waals surface area (Å²) in [5.41, 5.74) is 0.367. The number of phenolic OH excluding ortho intramolecular Hbond substituents is 2. The minimum atomic E-state index is -0.223. The molecule has 0 radical (unpaired) electrons. The van der Waals surface area contributed by atoms with Crippen molar-refractivity contribution in [3.63, 3.8) is 0 Å². The zero-order valence-corrected chi connectivity index (χ0v) is 18.9. The van der Waals surface area contributed by atoms with E-state index in [0.717, 1.165) is 25.7 Å². The average Bonchev–Trinajstić information content (AvgIpc) is 2.61. The SMILES string of the molecule is CNC(=S)N[C@@H]1C[C@H]2C(C)(C)CCC[C@]2(C)[C@@H](C(=O)c2cc(O)cc(O)c2)[C@H]1C. The van der Waals surface area contributed by atoms with Gasteiger partial charge in [0.2, 0.25) is 0 Å². The smallest absolute Gasteiger partial charge is 0.167 e. The van der Waals surface area contributed by atoms with Crippen molar-refractivity contribution in [1.82, 2.24) is 10.6 Å². The monoisotopic (exact) mass is 418 g/mol. The van der Waals surface area contributed by atoms with Gasteiger partial charge in [0.25, 0.3) is 0 Å². The molecular formula is C23H34N2O3S. The van der Waals surface area contributed by atoms with E-state index in [1.165, 1.54) is 18.2 Å². The Morgan fingerprint density at radius 3 is 2.34 bits per heavy atom. The van der Waals surface area contributed by atoms with Crippen LogP contribution < -0.4 is 10.6 Å². The number of aromatic hydroxyl groups is 2. The lowest BCUT2D eigenvalue weighted by Crippen LogP contribution is -2.61. The van der Waals surface area contributed by atoms with E-state index in [4.69, 9.17) is 12.2 Å².